The summed E-state index contributed by atoms with van der Waals surface area (Å²) >= 11 is 5.59. The van der Waals surface area contributed by atoms with Crippen LogP contribution in [-0.2, 0) is 0 Å². The Morgan fingerprint density at radius 1 is 1.56 bits per heavy atom. The number of halogens is 2. The first-order valence-electron chi connectivity index (χ1n) is 5.64. The largest absolute Gasteiger partial charge is 0.396 e. The highest BCUT2D eigenvalue weighted by atomic mass is 35.5. The molecule has 2 amide bonds. The zero-order valence-corrected chi connectivity index (χ0v) is 10.8. The second kappa shape index (κ2) is 7.18. The lowest BCUT2D eigenvalue weighted by atomic mass is 10.1. The molecule has 1 aromatic rings. The number of amides is 2. The van der Waals surface area contributed by atoms with Gasteiger partial charge in [0.2, 0.25) is 0 Å². The molecule has 0 aliphatic carbocycles. The molecule has 0 spiro atoms. The Morgan fingerprint density at radius 2 is 2.28 bits per heavy atom. The first kappa shape index (κ1) is 14.7. The molecule has 0 radical (unpaired) electrons. The first-order chi connectivity index (χ1) is 8.54. The first-order valence-corrected chi connectivity index (χ1v) is 6.02. The number of hydrogen-bond acceptors (Lipinski definition) is 2. The van der Waals surface area contributed by atoms with Crippen LogP contribution in [0.2, 0.25) is 5.02 Å². The number of benzene rings is 1. The molecule has 3 N–H and O–H groups in total. The maximum Gasteiger partial charge on any atom is 0.319 e. The zero-order chi connectivity index (χ0) is 13.5. The van der Waals surface area contributed by atoms with Crippen LogP contribution in [0.3, 0.4) is 0 Å². The van der Waals surface area contributed by atoms with Gasteiger partial charge in [-0.25, -0.2) is 9.18 Å². The fourth-order valence-electron chi connectivity index (χ4n) is 1.36. The Hall–Kier alpha value is -1.33. The Kier molecular flexibility index (Phi) is 5.88. The van der Waals surface area contributed by atoms with Crippen molar-refractivity contribution in [2.75, 3.05) is 18.5 Å². The van der Waals surface area contributed by atoms with E-state index in [0.717, 1.165) is 0 Å². The second-order valence-electron chi connectivity index (χ2n) is 4.05. The van der Waals surface area contributed by atoms with Crippen LogP contribution in [0, 0.1) is 11.7 Å². The molecule has 1 atom stereocenters. The molecule has 6 heteroatoms. The third-order valence-corrected chi connectivity index (χ3v) is 2.72. The minimum atomic E-state index is -0.655. The summed E-state index contributed by atoms with van der Waals surface area (Å²) in [6.45, 7) is 2.39. The molecule has 1 rings (SSSR count). The number of aliphatic hydroxyl groups is 1. The summed E-state index contributed by atoms with van der Waals surface area (Å²) < 4.78 is 13.5. The van der Waals surface area contributed by atoms with E-state index in [9.17, 15) is 9.18 Å². The van der Waals surface area contributed by atoms with Crippen molar-refractivity contribution in [2.45, 2.75) is 13.3 Å². The summed E-state index contributed by atoms with van der Waals surface area (Å²) in [5.74, 6) is -0.498. The van der Waals surface area contributed by atoms with E-state index >= 15 is 0 Å². The van der Waals surface area contributed by atoms with Crippen molar-refractivity contribution >= 4 is 23.3 Å². The van der Waals surface area contributed by atoms with Crippen molar-refractivity contribution in [3.8, 4) is 0 Å². The fraction of sp³-hybridized carbons (Fsp3) is 0.417. The number of nitrogens with one attached hydrogen (secondary N) is 2. The van der Waals surface area contributed by atoms with Crippen LogP contribution < -0.4 is 10.6 Å². The standard InChI is InChI=1S/C12H16ClFN2O2/c1-8(5-6-17)7-15-12(18)16-10-4-2-3-9(13)11(10)14/h2-4,8,17H,5-7H2,1H3,(H2,15,16,18). The van der Waals surface area contributed by atoms with Crippen LogP contribution in [0.4, 0.5) is 14.9 Å². The summed E-state index contributed by atoms with van der Waals surface area (Å²) in [7, 11) is 0. The van der Waals surface area contributed by atoms with E-state index in [0.29, 0.717) is 13.0 Å². The SMILES string of the molecule is CC(CCO)CNC(=O)Nc1cccc(Cl)c1F. The Balaban J connectivity index is 2.47. The number of urea groups is 1. The van der Waals surface area contributed by atoms with Crippen molar-refractivity contribution in [1.82, 2.24) is 5.32 Å². The van der Waals surface area contributed by atoms with E-state index in [4.69, 9.17) is 16.7 Å². The number of carbonyl (C=O) groups excluding carboxylic acids is 1. The van der Waals surface area contributed by atoms with E-state index < -0.39 is 11.8 Å². The van der Waals surface area contributed by atoms with Crippen LogP contribution in [0.25, 0.3) is 0 Å². The summed E-state index contributed by atoms with van der Waals surface area (Å²) in [5.41, 5.74) is 0.0369. The number of anilines is 1. The van der Waals surface area contributed by atoms with Gasteiger partial charge in [-0.1, -0.05) is 24.6 Å². The van der Waals surface area contributed by atoms with Gasteiger partial charge >= 0.3 is 6.03 Å². The van der Waals surface area contributed by atoms with E-state index in [-0.39, 0.29) is 23.2 Å². The van der Waals surface area contributed by atoms with Crippen LogP contribution in [-0.4, -0.2) is 24.3 Å². The molecular weight excluding hydrogens is 259 g/mol. The van der Waals surface area contributed by atoms with Gasteiger partial charge in [0.15, 0.2) is 5.82 Å². The molecule has 0 saturated heterocycles. The van der Waals surface area contributed by atoms with Crippen LogP contribution in [0.5, 0.6) is 0 Å². The predicted octanol–water partition coefficient (Wildman–Crippen LogP) is 2.62. The second-order valence-corrected chi connectivity index (χ2v) is 4.46. The van der Waals surface area contributed by atoms with E-state index in [2.05, 4.69) is 10.6 Å². The Bertz CT molecular complexity index is 415. The van der Waals surface area contributed by atoms with Gasteiger partial charge in [0, 0.05) is 13.2 Å². The summed E-state index contributed by atoms with van der Waals surface area (Å²) in [5, 5.41) is 13.6. The van der Waals surface area contributed by atoms with E-state index in [1.54, 1.807) is 6.07 Å². The lowest BCUT2D eigenvalue weighted by Gasteiger charge is -2.12. The quantitative estimate of drug-likeness (QED) is 0.773. The summed E-state index contributed by atoms with van der Waals surface area (Å²) in [6.07, 6.45) is 0.603. The maximum absolute atomic E-state index is 13.5. The average Bonchev–Trinajstić information content (AvgIpc) is 2.33. The van der Waals surface area contributed by atoms with Gasteiger partial charge in [0.05, 0.1) is 10.7 Å². The summed E-state index contributed by atoms with van der Waals surface area (Å²) in [6, 6.07) is 3.89. The highest BCUT2D eigenvalue weighted by Gasteiger charge is 2.10. The van der Waals surface area contributed by atoms with Gasteiger partial charge < -0.3 is 15.7 Å². The highest BCUT2D eigenvalue weighted by molar-refractivity contribution is 6.31. The van der Waals surface area contributed by atoms with Gasteiger partial charge in [0.25, 0.3) is 0 Å². The van der Waals surface area contributed by atoms with Gasteiger partial charge in [-0.15, -0.1) is 0 Å². The van der Waals surface area contributed by atoms with Crippen molar-refractivity contribution in [3.05, 3.63) is 29.0 Å². The summed E-state index contributed by atoms with van der Waals surface area (Å²) in [4.78, 5) is 11.5. The topological polar surface area (TPSA) is 61.4 Å². The van der Waals surface area contributed by atoms with Gasteiger partial charge in [-0.05, 0) is 24.5 Å². The van der Waals surface area contributed by atoms with Crippen molar-refractivity contribution in [1.29, 1.82) is 0 Å². The van der Waals surface area contributed by atoms with Gasteiger partial charge in [-0.2, -0.15) is 0 Å². The molecule has 4 nitrogen and oxygen atoms in total. The molecule has 100 valence electrons. The molecule has 0 fully saturated rings. The van der Waals surface area contributed by atoms with Crippen molar-refractivity contribution in [2.24, 2.45) is 5.92 Å². The minimum absolute atomic E-state index is 0.0369. The van der Waals surface area contributed by atoms with Crippen LogP contribution in [0.15, 0.2) is 18.2 Å². The van der Waals surface area contributed by atoms with Gasteiger partial charge in [-0.3, -0.25) is 0 Å². The monoisotopic (exact) mass is 274 g/mol. The molecule has 0 aliphatic rings. The third-order valence-electron chi connectivity index (χ3n) is 2.43. The van der Waals surface area contributed by atoms with E-state index in [1.807, 2.05) is 6.92 Å². The maximum atomic E-state index is 13.5. The number of carbonyl (C=O) groups is 1. The lowest BCUT2D eigenvalue weighted by Crippen LogP contribution is -2.32. The Labute approximate surface area is 110 Å². The molecule has 1 unspecified atom stereocenters. The molecule has 0 heterocycles. The third kappa shape index (κ3) is 4.50. The van der Waals surface area contributed by atoms with Crippen molar-refractivity contribution < 1.29 is 14.3 Å². The van der Waals surface area contributed by atoms with E-state index in [1.165, 1.54) is 12.1 Å². The predicted molar refractivity (Wildman–Crippen MR) is 69.3 cm³/mol. The molecule has 1 aromatic carbocycles. The number of aliphatic hydroxyl groups excluding tert-OH is 1. The molecular formula is C12H16ClFN2O2. The molecule has 0 saturated carbocycles. The lowest BCUT2D eigenvalue weighted by molar-refractivity contribution is 0.243. The number of hydrogen-bond donors (Lipinski definition) is 3. The Morgan fingerprint density at radius 3 is 2.94 bits per heavy atom. The fourth-order valence-corrected chi connectivity index (χ4v) is 1.53. The van der Waals surface area contributed by atoms with Crippen LogP contribution >= 0.6 is 11.6 Å². The molecule has 0 bridgehead atoms. The minimum Gasteiger partial charge on any atom is -0.396 e. The average molecular weight is 275 g/mol. The van der Waals surface area contributed by atoms with Crippen LogP contribution in [0.1, 0.15) is 13.3 Å². The normalized spacial score (nSPS) is 12.0. The van der Waals surface area contributed by atoms with Gasteiger partial charge in [0.1, 0.15) is 0 Å². The number of rotatable bonds is 5. The molecule has 18 heavy (non-hydrogen) atoms. The van der Waals surface area contributed by atoms with Crippen molar-refractivity contribution in [3.63, 3.8) is 0 Å². The molecule has 0 aromatic heterocycles. The molecule has 0 aliphatic heterocycles. The zero-order valence-electron chi connectivity index (χ0n) is 10.0. The highest BCUT2D eigenvalue weighted by Crippen LogP contribution is 2.21. The smallest absolute Gasteiger partial charge is 0.319 e.